The summed E-state index contributed by atoms with van der Waals surface area (Å²) in [5.41, 5.74) is 2.67. The predicted octanol–water partition coefficient (Wildman–Crippen LogP) is 5.39. The number of hydrogen-bond donors (Lipinski definition) is 1. The van der Waals surface area contributed by atoms with Crippen molar-refractivity contribution in [3.63, 3.8) is 0 Å². The molecule has 0 aliphatic carbocycles. The Bertz CT molecular complexity index is 989. The normalized spacial score (nSPS) is 11.3. The van der Waals surface area contributed by atoms with E-state index >= 15 is 0 Å². The summed E-state index contributed by atoms with van der Waals surface area (Å²) in [6.45, 7) is 0. The van der Waals surface area contributed by atoms with Crippen LogP contribution in [0.25, 0.3) is 0 Å². The van der Waals surface area contributed by atoms with Gasteiger partial charge in [0, 0.05) is 5.69 Å². The molecule has 0 heterocycles. The molecule has 0 amide bonds. The van der Waals surface area contributed by atoms with Gasteiger partial charge in [-0.25, -0.2) is 8.42 Å². The highest BCUT2D eigenvalue weighted by Crippen LogP contribution is 2.26. The van der Waals surface area contributed by atoms with Crippen molar-refractivity contribution in [2.24, 2.45) is 0 Å². The molecule has 128 valence electrons. The zero-order valence-corrected chi connectivity index (χ0v) is 15.4. The maximum Gasteiger partial charge on any atom is 0.261 e. The SMILES string of the molecule is O=S(=O)(Nc1cccc(Cc2ccccc2)c1)c1ccc(Cl)c(Cl)c1. The first-order valence-corrected chi connectivity index (χ1v) is 9.79. The molecule has 0 radical (unpaired) electrons. The summed E-state index contributed by atoms with van der Waals surface area (Å²) < 4.78 is 27.6. The third kappa shape index (κ3) is 4.54. The lowest BCUT2D eigenvalue weighted by Crippen LogP contribution is -2.13. The maximum atomic E-state index is 12.5. The van der Waals surface area contributed by atoms with Crippen molar-refractivity contribution in [2.75, 3.05) is 4.72 Å². The summed E-state index contributed by atoms with van der Waals surface area (Å²) in [7, 11) is -3.74. The molecule has 0 aliphatic heterocycles. The molecular formula is C19H15Cl2NO2S. The van der Waals surface area contributed by atoms with E-state index in [4.69, 9.17) is 23.2 Å². The van der Waals surface area contributed by atoms with Crippen LogP contribution in [0, 0.1) is 0 Å². The predicted molar refractivity (Wildman–Crippen MR) is 103 cm³/mol. The van der Waals surface area contributed by atoms with Crippen LogP contribution in [0.5, 0.6) is 0 Å². The zero-order chi connectivity index (χ0) is 17.9. The molecule has 0 aromatic heterocycles. The van der Waals surface area contributed by atoms with E-state index in [1.54, 1.807) is 6.07 Å². The fraction of sp³-hybridized carbons (Fsp3) is 0.0526. The summed E-state index contributed by atoms with van der Waals surface area (Å²) in [4.78, 5) is 0.0652. The second-order valence-electron chi connectivity index (χ2n) is 5.54. The van der Waals surface area contributed by atoms with Crippen LogP contribution >= 0.6 is 23.2 Å². The molecule has 0 fully saturated rings. The van der Waals surface area contributed by atoms with Crippen LogP contribution in [0.15, 0.2) is 77.7 Å². The van der Waals surface area contributed by atoms with Gasteiger partial charge in [-0.15, -0.1) is 0 Å². The molecule has 0 saturated carbocycles. The van der Waals surface area contributed by atoms with E-state index in [0.29, 0.717) is 10.7 Å². The number of sulfonamides is 1. The van der Waals surface area contributed by atoms with Gasteiger partial charge in [0.2, 0.25) is 0 Å². The highest BCUT2D eigenvalue weighted by molar-refractivity contribution is 7.92. The third-order valence-electron chi connectivity index (χ3n) is 3.63. The first-order chi connectivity index (χ1) is 11.9. The van der Waals surface area contributed by atoms with Crippen LogP contribution in [0.4, 0.5) is 5.69 Å². The quantitative estimate of drug-likeness (QED) is 0.633. The molecule has 1 N–H and O–H groups in total. The molecule has 0 spiro atoms. The van der Waals surface area contributed by atoms with Gasteiger partial charge < -0.3 is 0 Å². The molecule has 0 saturated heterocycles. The molecule has 6 heteroatoms. The highest BCUT2D eigenvalue weighted by Gasteiger charge is 2.16. The Morgan fingerprint density at radius 3 is 2.20 bits per heavy atom. The average molecular weight is 392 g/mol. The van der Waals surface area contributed by atoms with Crippen LogP contribution in [0.1, 0.15) is 11.1 Å². The van der Waals surface area contributed by atoms with E-state index in [2.05, 4.69) is 4.72 Å². The number of anilines is 1. The van der Waals surface area contributed by atoms with E-state index in [-0.39, 0.29) is 9.92 Å². The van der Waals surface area contributed by atoms with Crippen LogP contribution in [0.3, 0.4) is 0 Å². The summed E-state index contributed by atoms with van der Waals surface area (Å²) in [5.74, 6) is 0. The molecule has 0 unspecified atom stereocenters. The van der Waals surface area contributed by atoms with Crippen molar-refractivity contribution < 1.29 is 8.42 Å². The highest BCUT2D eigenvalue weighted by atomic mass is 35.5. The number of hydrogen-bond acceptors (Lipinski definition) is 2. The maximum absolute atomic E-state index is 12.5. The minimum Gasteiger partial charge on any atom is -0.280 e. The topological polar surface area (TPSA) is 46.2 Å². The molecule has 0 aliphatic rings. The fourth-order valence-corrected chi connectivity index (χ4v) is 3.87. The monoisotopic (exact) mass is 391 g/mol. The molecule has 3 nitrogen and oxygen atoms in total. The Morgan fingerprint density at radius 2 is 1.48 bits per heavy atom. The number of rotatable bonds is 5. The second kappa shape index (κ2) is 7.48. The van der Waals surface area contributed by atoms with Crippen molar-refractivity contribution >= 4 is 38.9 Å². The first kappa shape index (κ1) is 17.8. The summed E-state index contributed by atoms with van der Waals surface area (Å²) in [6, 6.07) is 21.5. The lowest BCUT2D eigenvalue weighted by Gasteiger charge is -2.10. The van der Waals surface area contributed by atoms with E-state index in [1.165, 1.54) is 18.2 Å². The molecule has 3 aromatic rings. The van der Waals surface area contributed by atoms with Crippen LogP contribution in [-0.4, -0.2) is 8.42 Å². The molecule has 3 rings (SSSR count). The van der Waals surface area contributed by atoms with E-state index in [0.717, 1.165) is 17.5 Å². The van der Waals surface area contributed by atoms with Gasteiger partial charge in [-0.1, -0.05) is 65.7 Å². The van der Waals surface area contributed by atoms with Gasteiger partial charge in [0.25, 0.3) is 10.0 Å². The molecule has 3 aromatic carbocycles. The van der Waals surface area contributed by atoms with Crippen molar-refractivity contribution in [2.45, 2.75) is 11.3 Å². The smallest absolute Gasteiger partial charge is 0.261 e. The Morgan fingerprint density at radius 1 is 0.760 bits per heavy atom. The van der Waals surface area contributed by atoms with Gasteiger partial charge in [0.1, 0.15) is 0 Å². The Hall–Kier alpha value is -2.01. The Labute approximate surface area is 157 Å². The summed E-state index contributed by atoms with van der Waals surface area (Å²) in [6.07, 6.45) is 0.725. The van der Waals surface area contributed by atoms with Gasteiger partial charge in [-0.2, -0.15) is 0 Å². The Kier molecular flexibility index (Phi) is 5.33. The Balaban J connectivity index is 1.82. The number of halogens is 2. The second-order valence-corrected chi connectivity index (χ2v) is 8.04. The van der Waals surface area contributed by atoms with E-state index in [9.17, 15) is 8.42 Å². The van der Waals surface area contributed by atoms with Crippen molar-refractivity contribution in [1.29, 1.82) is 0 Å². The summed E-state index contributed by atoms with van der Waals surface area (Å²) >= 11 is 11.8. The van der Waals surface area contributed by atoms with E-state index in [1.807, 2.05) is 48.5 Å². The zero-order valence-electron chi connectivity index (χ0n) is 13.1. The minimum absolute atomic E-state index is 0.0652. The van der Waals surface area contributed by atoms with Gasteiger partial charge in [-0.05, 0) is 47.9 Å². The fourth-order valence-electron chi connectivity index (χ4n) is 2.43. The lowest BCUT2D eigenvalue weighted by atomic mass is 10.0. The van der Waals surface area contributed by atoms with Gasteiger partial charge in [-0.3, -0.25) is 4.72 Å². The molecule has 25 heavy (non-hydrogen) atoms. The average Bonchev–Trinajstić information content (AvgIpc) is 2.58. The minimum atomic E-state index is -3.74. The van der Waals surface area contributed by atoms with Crippen LogP contribution in [0.2, 0.25) is 10.0 Å². The standard InChI is InChI=1S/C19H15Cl2NO2S/c20-18-10-9-17(13-19(18)21)25(23,24)22-16-8-4-7-15(12-16)11-14-5-2-1-3-6-14/h1-10,12-13,22H,11H2. The molecule has 0 bridgehead atoms. The van der Waals surface area contributed by atoms with Crippen LogP contribution < -0.4 is 4.72 Å². The first-order valence-electron chi connectivity index (χ1n) is 7.55. The summed E-state index contributed by atoms with van der Waals surface area (Å²) in [5, 5.41) is 0.507. The third-order valence-corrected chi connectivity index (χ3v) is 5.75. The number of benzene rings is 3. The van der Waals surface area contributed by atoms with Gasteiger partial charge >= 0.3 is 0 Å². The van der Waals surface area contributed by atoms with E-state index < -0.39 is 10.0 Å². The van der Waals surface area contributed by atoms with Crippen molar-refractivity contribution in [3.8, 4) is 0 Å². The number of nitrogens with one attached hydrogen (secondary N) is 1. The largest absolute Gasteiger partial charge is 0.280 e. The van der Waals surface area contributed by atoms with Gasteiger partial charge in [0.05, 0.1) is 14.9 Å². The molecule has 0 atom stereocenters. The van der Waals surface area contributed by atoms with Crippen molar-refractivity contribution in [1.82, 2.24) is 0 Å². The van der Waals surface area contributed by atoms with Crippen LogP contribution in [-0.2, 0) is 16.4 Å². The van der Waals surface area contributed by atoms with Crippen molar-refractivity contribution in [3.05, 3.63) is 94.0 Å². The molecular weight excluding hydrogens is 377 g/mol. The lowest BCUT2D eigenvalue weighted by molar-refractivity contribution is 0.601. The van der Waals surface area contributed by atoms with Gasteiger partial charge in [0.15, 0.2) is 0 Å².